The number of ketones is 1. The molecule has 7 heteroatoms. The molecule has 2 rings (SSSR count). The van der Waals surface area contributed by atoms with Gasteiger partial charge in [0, 0.05) is 24.0 Å². The summed E-state index contributed by atoms with van der Waals surface area (Å²) in [6.07, 6.45) is 0. The van der Waals surface area contributed by atoms with Crippen molar-refractivity contribution in [1.29, 1.82) is 0 Å². The second-order valence-corrected chi connectivity index (χ2v) is 6.55. The van der Waals surface area contributed by atoms with E-state index >= 15 is 0 Å². The fourth-order valence-electron chi connectivity index (χ4n) is 1.71. The molecule has 0 spiro atoms. The van der Waals surface area contributed by atoms with Gasteiger partial charge in [0.25, 0.3) is 0 Å². The topological polar surface area (TPSA) is 54.5 Å². The van der Waals surface area contributed by atoms with Crippen molar-refractivity contribution in [2.75, 3.05) is 13.1 Å². The number of halogens is 2. The molecule has 0 aromatic heterocycles. The second kappa shape index (κ2) is 4.60. The number of benzene rings is 1. The molecule has 1 aliphatic rings. The van der Waals surface area contributed by atoms with Gasteiger partial charge in [0.05, 0.1) is 0 Å². The molecule has 0 N–H and O–H groups in total. The zero-order valence-corrected chi connectivity index (χ0v) is 11.1. The van der Waals surface area contributed by atoms with Crippen LogP contribution in [0.3, 0.4) is 0 Å². The van der Waals surface area contributed by atoms with Gasteiger partial charge in [0.2, 0.25) is 10.0 Å². The van der Waals surface area contributed by atoms with Crippen molar-refractivity contribution in [2.24, 2.45) is 5.92 Å². The van der Waals surface area contributed by atoms with E-state index < -0.39 is 20.7 Å². The van der Waals surface area contributed by atoms with Crippen molar-refractivity contribution >= 4 is 27.4 Å². The van der Waals surface area contributed by atoms with E-state index in [0.29, 0.717) is 0 Å². The van der Waals surface area contributed by atoms with Crippen molar-refractivity contribution < 1.29 is 17.6 Å². The summed E-state index contributed by atoms with van der Waals surface area (Å²) >= 11 is 5.57. The SMILES string of the molecule is CC(=O)C1CN(S(=O)(=O)c2ccc(Cl)cc2F)C1. The van der Waals surface area contributed by atoms with Crippen LogP contribution >= 0.6 is 11.6 Å². The Hall–Kier alpha value is -0.980. The van der Waals surface area contributed by atoms with E-state index in [1.54, 1.807) is 0 Å². The number of hydrogen-bond donors (Lipinski definition) is 0. The van der Waals surface area contributed by atoms with Crippen molar-refractivity contribution in [3.05, 3.63) is 29.0 Å². The Balaban J connectivity index is 2.25. The summed E-state index contributed by atoms with van der Waals surface area (Å²) in [5.74, 6) is -1.22. The first-order valence-electron chi connectivity index (χ1n) is 5.28. The van der Waals surface area contributed by atoms with Crippen LogP contribution in [0.1, 0.15) is 6.92 Å². The first-order valence-corrected chi connectivity index (χ1v) is 7.10. The number of carbonyl (C=O) groups is 1. The van der Waals surface area contributed by atoms with E-state index in [9.17, 15) is 17.6 Å². The Morgan fingerprint density at radius 3 is 2.56 bits per heavy atom. The van der Waals surface area contributed by atoms with Gasteiger partial charge in [0.1, 0.15) is 16.5 Å². The van der Waals surface area contributed by atoms with Gasteiger partial charge in [-0.15, -0.1) is 0 Å². The summed E-state index contributed by atoms with van der Waals surface area (Å²) in [4.78, 5) is 10.6. The number of nitrogens with zero attached hydrogens (tertiary/aromatic N) is 1. The Bertz CT molecular complexity index is 596. The lowest BCUT2D eigenvalue weighted by atomic mass is 9.99. The molecule has 0 radical (unpaired) electrons. The molecule has 0 saturated carbocycles. The molecular weight excluding hydrogens is 281 g/mol. The third-order valence-electron chi connectivity index (χ3n) is 2.93. The van der Waals surface area contributed by atoms with E-state index in [-0.39, 0.29) is 29.8 Å². The quantitative estimate of drug-likeness (QED) is 0.851. The molecule has 1 saturated heterocycles. The molecule has 1 fully saturated rings. The highest BCUT2D eigenvalue weighted by molar-refractivity contribution is 7.89. The molecule has 1 aromatic rings. The van der Waals surface area contributed by atoms with Crippen LogP contribution in [0.2, 0.25) is 5.02 Å². The van der Waals surface area contributed by atoms with Gasteiger partial charge >= 0.3 is 0 Å². The van der Waals surface area contributed by atoms with Crippen molar-refractivity contribution in [3.63, 3.8) is 0 Å². The molecule has 0 atom stereocenters. The molecule has 0 bridgehead atoms. The minimum absolute atomic E-state index is 0.0574. The van der Waals surface area contributed by atoms with Gasteiger partial charge in [-0.2, -0.15) is 4.31 Å². The summed E-state index contributed by atoms with van der Waals surface area (Å²) in [5, 5.41) is 0.136. The predicted molar refractivity (Wildman–Crippen MR) is 64.3 cm³/mol. The fourth-order valence-corrected chi connectivity index (χ4v) is 3.45. The normalized spacial score (nSPS) is 17.5. The first kappa shape index (κ1) is 13.5. The average Bonchev–Trinajstić information content (AvgIpc) is 2.12. The van der Waals surface area contributed by atoms with Gasteiger partial charge < -0.3 is 0 Å². The Morgan fingerprint density at radius 1 is 1.44 bits per heavy atom. The Labute approximate surface area is 109 Å². The maximum absolute atomic E-state index is 13.6. The summed E-state index contributed by atoms with van der Waals surface area (Å²) in [7, 11) is -3.87. The lowest BCUT2D eigenvalue weighted by Crippen LogP contribution is -2.52. The number of Topliss-reactive ketones (excluding diaryl/α,β-unsaturated/α-hetero) is 1. The van der Waals surface area contributed by atoms with Gasteiger partial charge in [0.15, 0.2) is 0 Å². The average molecular weight is 292 g/mol. The van der Waals surface area contributed by atoms with E-state index in [1.165, 1.54) is 13.0 Å². The van der Waals surface area contributed by atoms with E-state index in [1.807, 2.05) is 0 Å². The van der Waals surface area contributed by atoms with Crippen LogP contribution in [0.4, 0.5) is 4.39 Å². The third-order valence-corrected chi connectivity index (χ3v) is 5.03. The van der Waals surface area contributed by atoms with Crippen LogP contribution < -0.4 is 0 Å². The molecule has 1 heterocycles. The Kier molecular flexibility index (Phi) is 3.44. The molecule has 0 amide bonds. The summed E-state index contributed by atoms with van der Waals surface area (Å²) < 4.78 is 38.7. The first-order chi connectivity index (χ1) is 8.32. The fraction of sp³-hybridized carbons (Fsp3) is 0.364. The number of rotatable bonds is 3. The van der Waals surface area contributed by atoms with Crippen LogP contribution in [-0.2, 0) is 14.8 Å². The minimum Gasteiger partial charge on any atom is -0.300 e. The van der Waals surface area contributed by atoms with Gasteiger partial charge in [-0.25, -0.2) is 12.8 Å². The van der Waals surface area contributed by atoms with Gasteiger partial charge in [-0.05, 0) is 25.1 Å². The van der Waals surface area contributed by atoms with Gasteiger partial charge in [-0.1, -0.05) is 11.6 Å². The lowest BCUT2D eigenvalue weighted by Gasteiger charge is -2.36. The van der Waals surface area contributed by atoms with E-state index in [2.05, 4.69) is 0 Å². The highest BCUT2D eigenvalue weighted by atomic mass is 35.5. The van der Waals surface area contributed by atoms with Crippen molar-refractivity contribution in [2.45, 2.75) is 11.8 Å². The van der Waals surface area contributed by atoms with E-state index in [0.717, 1.165) is 16.4 Å². The Morgan fingerprint density at radius 2 is 2.06 bits per heavy atom. The largest absolute Gasteiger partial charge is 0.300 e. The summed E-state index contributed by atoms with van der Waals surface area (Å²) in [6, 6.07) is 3.41. The molecule has 1 aromatic carbocycles. The number of carbonyl (C=O) groups excluding carboxylic acids is 1. The molecular formula is C11H11ClFNO3S. The molecule has 0 unspecified atom stereocenters. The monoisotopic (exact) mass is 291 g/mol. The van der Waals surface area contributed by atoms with E-state index in [4.69, 9.17) is 11.6 Å². The molecule has 18 heavy (non-hydrogen) atoms. The number of sulfonamides is 1. The standard InChI is InChI=1S/C11H11ClFNO3S/c1-7(15)8-5-14(6-8)18(16,17)11-3-2-9(12)4-10(11)13/h2-4,8H,5-6H2,1H3. The lowest BCUT2D eigenvalue weighted by molar-refractivity contribution is -0.123. The molecule has 4 nitrogen and oxygen atoms in total. The number of hydrogen-bond acceptors (Lipinski definition) is 3. The molecule has 98 valence electrons. The van der Waals surface area contributed by atoms with Crippen LogP contribution in [0, 0.1) is 11.7 Å². The molecule has 1 aliphatic heterocycles. The highest BCUT2D eigenvalue weighted by Gasteiger charge is 2.39. The zero-order chi connectivity index (χ0) is 13.5. The maximum Gasteiger partial charge on any atom is 0.246 e. The summed E-state index contributed by atoms with van der Waals surface area (Å²) in [6.45, 7) is 1.64. The maximum atomic E-state index is 13.6. The van der Waals surface area contributed by atoms with Crippen LogP contribution in [-0.4, -0.2) is 31.6 Å². The third kappa shape index (κ3) is 2.28. The smallest absolute Gasteiger partial charge is 0.246 e. The highest BCUT2D eigenvalue weighted by Crippen LogP contribution is 2.28. The zero-order valence-electron chi connectivity index (χ0n) is 9.56. The second-order valence-electron chi connectivity index (χ2n) is 4.20. The summed E-state index contributed by atoms with van der Waals surface area (Å²) in [5.41, 5.74) is 0. The predicted octanol–water partition coefficient (Wildman–Crippen LogP) is 1.69. The van der Waals surface area contributed by atoms with Gasteiger partial charge in [-0.3, -0.25) is 4.79 Å². The van der Waals surface area contributed by atoms with Crippen LogP contribution in [0.25, 0.3) is 0 Å². The van der Waals surface area contributed by atoms with Crippen molar-refractivity contribution in [3.8, 4) is 0 Å². The molecule has 0 aliphatic carbocycles. The van der Waals surface area contributed by atoms with Crippen LogP contribution in [0.15, 0.2) is 23.1 Å². The van der Waals surface area contributed by atoms with Crippen LogP contribution in [0.5, 0.6) is 0 Å². The minimum atomic E-state index is -3.87. The van der Waals surface area contributed by atoms with Crippen molar-refractivity contribution in [1.82, 2.24) is 4.31 Å².